The van der Waals surface area contributed by atoms with Crippen LogP contribution in [0.15, 0.2) is 37.1 Å². The van der Waals surface area contributed by atoms with Gasteiger partial charge in [0.2, 0.25) is 5.91 Å². The molecule has 0 aliphatic carbocycles. The fourth-order valence-corrected chi connectivity index (χ4v) is 2.27. The Morgan fingerprint density at radius 1 is 1.17 bits per heavy atom. The van der Waals surface area contributed by atoms with Crippen molar-refractivity contribution in [2.75, 3.05) is 12.8 Å². The Morgan fingerprint density at radius 2 is 1.83 bits per heavy atom. The van der Waals surface area contributed by atoms with Gasteiger partial charge in [-0.1, -0.05) is 50.0 Å². The van der Waals surface area contributed by atoms with Crippen molar-refractivity contribution in [3.05, 3.63) is 37.1 Å². The zero-order chi connectivity index (χ0) is 17.3. The fraction of sp³-hybridized carbons (Fsp3) is 0.632. The van der Waals surface area contributed by atoms with Crippen LogP contribution in [0.1, 0.15) is 57.8 Å². The maximum atomic E-state index is 11.8. The summed E-state index contributed by atoms with van der Waals surface area (Å²) in [6.45, 7) is 3.65. The van der Waals surface area contributed by atoms with Crippen LogP contribution in [-0.4, -0.2) is 29.6 Å². The number of nitrogens with zero attached hydrogens (tertiary/aromatic N) is 1. The zero-order valence-electron chi connectivity index (χ0n) is 14.6. The van der Waals surface area contributed by atoms with E-state index in [-0.39, 0.29) is 11.9 Å². The molecule has 2 N–H and O–H groups in total. The molecule has 1 atom stereocenters. The van der Waals surface area contributed by atoms with E-state index in [9.17, 15) is 4.79 Å². The molecule has 0 rings (SSSR count). The number of allylic oxidation sites excluding steroid dienone is 3. The Balaban J connectivity index is 3.47. The summed E-state index contributed by atoms with van der Waals surface area (Å²) in [6, 6.07) is 0.0839. The van der Waals surface area contributed by atoms with Crippen molar-refractivity contribution in [1.82, 2.24) is 4.90 Å². The minimum absolute atomic E-state index is 0.0839. The molecule has 4 heteroatoms. The molecule has 0 spiro atoms. The van der Waals surface area contributed by atoms with Gasteiger partial charge in [-0.05, 0) is 25.7 Å². The third-order valence-corrected chi connectivity index (χ3v) is 4.05. The summed E-state index contributed by atoms with van der Waals surface area (Å²) in [5.41, 5.74) is 5.75. The van der Waals surface area contributed by atoms with Crippen LogP contribution in [-0.2, 0) is 4.79 Å². The Hall–Kier alpha value is -1.00. The number of carbonyl (C=O) groups excluding carboxylic acids is 1. The maximum absolute atomic E-state index is 11.8. The fourth-order valence-electron chi connectivity index (χ4n) is 2.15. The number of thiol groups is 1. The second-order valence-electron chi connectivity index (χ2n) is 5.85. The molecule has 0 bridgehead atoms. The van der Waals surface area contributed by atoms with E-state index in [2.05, 4.69) is 25.3 Å². The standard InChI is InChI=1S/C19H34N2OS/c1-3-4-13-16-21(2)19(22)15-12-10-8-6-5-7-9-11-14-18(20)17-23/h3,11,13-14,16,18,23H,1,4-10,12,15,17,20H2,2H3/b14-11+,16-13+. The highest BCUT2D eigenvalue weighted by Gasteiger charge is 2.04. The predicted molar refractivity (Wildman–Crippen MR) is 105 cm³/mol. The van der Waals surface area contributed by atoms with E-state index in [1.165, 1.54) is 25.7 Å². The summed E-state index contributed by atoms with van der Waals surface area (Å²) in [6.07, 6.45) is 19.4. The summed E-state index contributed by atoms with van der Waals surface area (Å²) in [5.74, 6) is 0.894. The molecule has 3 nitrogen and oxygen atoms in total. The van der Waals surface area contributed by atoms with Gasteiger partial charge in [0, 0.05) is 31.5 Å². The second-order valence-corrected chi connectivity index (χ2v) is 6.21. The lowest BCUT2D eigenvalue weighted by Gasteiger charge is -2.11. The van der Waals surface area contributed by atoms with E-state index in [0.29, 0.717) is 12.2 Å². The number of nitrogens with two attached hydrogens (primary N) is 1. The third kappa shape index (κ3) is 14.3. The molecule has 0 aromatic heterocycles. The highest BCUT2D eigenvalue weighted by atomic mass is 32.1. The predicted octanol–water partition coefficient (Wildman–Crippen LogP) is 4.47. The van der Waals surface area contributed by atoms with Crippen LogP contribution < -0.4 is 5.73 Å². The molecule has 0 saturated heterocycles. The number of hydrogen-bond acceptors (Lipinski definition) is 3. The Bertz CT molecular complexity index is 366. The molecule has 0 aliphatic heterocycles. The topological polar surface area (TPSA) is 46.3 Å². The highest BCUT2D eigenvalue weighted by molar-refractivity contribution is 7.80. The van der Waals surface area contributed by atoms with Gasteiger partial charge in [-0.15, -0.1) is 6.58 Å². The summed E-state index contributed by atoms with van der Waals surface area (Å²) in [4.78, 5) is 13.5. The van der Waals surface area contributed by atoms with Crippen molar-refractivity contribution in [1.29, 1.82) is 0 Å². The van der Waals surface area contributed by atoms with Crippen LogP contribution in [0.5, 0.6) is 0 Å². The van der Waals surface area contributed by atoms with E-state index in [0.717, 1.165) is 25.7 Å². The first-order valence-electron chi connectivity index (χ1n) is 8.68. The maximum Gasteiger partial charge on any atom is 0.226 e. The lowest BCUT2D eigenvalue weighted by Crippen LogP contribution is -2.20. The third-order valence-electron chi connectivity index (χ3n) is 3.63. The minimum Gasteiger partial charge on any atom is -0.324 e. The van der Waals surface area contributed by atoms with Crippen molar-refractivity contribution in [2.45, 2.75) is 63.8 Å². The monoisotopic (exact) mass is 338 g/mol. The smallest absolute Gasteiger partial charge is 0.226 e. The summed E-state index contributed by atoms with van der Waals surface area (Å²) in [7, 11) is 1.81. The molecule has 0 radical (unpaired) electrons. The van der Waals surface area contributed by atoms with Crippen LogP contribution >= 0.6 is 12.6 Å². The SMILES string of the molecule is C=CC/C=C/N(C)C(=O)CCCCCCCC/C=C/C(N)CS. The van der Waals surface area contributed by atoms with Gasteiger partial charge in [0.05, 0.1) is 0 Å². The first-order valence-corrected chi connectivity index (χ1v) is 9.31. The van der Waals surface area contributed by atoms with Gasteiger partial charge in [-0.2, -0.15) is 12.6 Å². The van der Waals surface area contributed by atoms with Gasteiger partial charge in [0.15, 0.2) is 0 Å². The Labute approximate surface area is 148 Å². The molecule has 0 fully saturated rings. The summed E-state index contributed by atoms with van der Waals surface area (Å²) in [5, 5.41) is 0. The van der Waals surface area contributed by atoms with Crippen LogP contribution in [0, 0.1) is 0 Å². The van der Waals surface area contributed by atoms with Crippen LogP contribution in [0.3, 0.4) is 0 Å². The first kappa shape index (κ1) is 22.0. The van der Waals surface area contributed by atoms with Gasteiger partial charge >= 0.3 is 0 Å². The van der Waals surface area contributed by atoms with E-state index in [4.69, 9.17) is 5.73 Å². The molecule has 0 aromatic rings. The van der Waals surface area contributed by atoms with Crippen molar-refractivity contribution in [2.24, 2.45) is 5.73 Å². The lowest BCUT2D eigenvalue weighted by molar-refractivity contribution is -0.127. The average molecular weight is 339 g/mol. The van der Waals surface area contributed by atoms with Crippen LogP contribution in [0.4, 0.5) is 0 Å². The molecule has 0 saturated carbocycles. The summed E-state index contributed by atoms with van der Waals surface area (Å²) < 4.78 is 0. The molecule has 1 unspecified atom stereocenters. The molecule has 0 heterocycles. The highest BCUT2D eigenvalue weighted by Crippen LogP contribution is 2.10. The number of unbranched alkanes of at least 4 members (excludes halogenated alkanes) is 6. The molecule has 0 aliphatic rings. The molecule has 132 valence electrons. The summed E-state index contributed by atoms with van der Waals surface area (Å²) >= 11 is 4.14. The molecule has 23 heavy (non-hydrogen) atoms. The molecular weight excluding hydrogens is 304 g/mol. The zero-order valence-corrected chi connectivity index (χ0v) is 15.5. The second kappa shape index (κ2) is 15.9. The van der Waals surface area contributed by atoms with E-state index in [1.54, 1.807) is 4.90 Å². The van der Waals surface area contributed by atoms with E-state index < -0.39 is 0 Å². The van der Waals surface area contributed by atoms with E-state index in [1.807, 2.05) is 31.5 Å². The van der Waals surface area contributed by atoms with Crippen molar-refractivity contribution in [3.63, 3.8) is 0 Å². The molecule has 1 amide bonds. The first-order chi connectivity index (χ1) is 11.1. The van der Waals surface area contributed by atoms with Gasteiger partial charge in [-0.3, -0.25) is 4.79 Å². The van der Waals surface area contributed by atoms with Crippen molar-refractivity contribution < 1.29 is 4.79 Å². The average Bonchev–Trinajstić information content (AvgIpc) is 2.56. The van der Waals surface area contributed by atoms with Crippen molar-refractivity contribution in [3.8, 4) is 0 Å². The number of amides is 1. The molecule has 0 aromatic carbocycles. The number of hydrogen-bond donors (Lipinski definition) is 2. The van der Waals surface area contributed by atoms with E-state index >= 15 is 0 Å². The van der Waals surface area contributed by atoms with Crippen LogP contribution in [0.25, 0.3) is 0 Å². The van der Waals surface area contributed by atoms with Crippen LogP contribution in [0.2, 0.25) is 0 Å². The van der Waals surface area contributed by atoms with Gasteiger partial charge in [0.25, 0.3) is 0 Å². The minimum atomic E-state index is 0.0839. The quantitative estimate of drug-likeness (QED) is 0.279. The number of rotatable bonds is 14. The Kier molecular flexibility index (Phi) is 15.2. The van der Waals surface area contributed by atoms with Gasteiger partial charge in [-0.25, -0.2) is 0 Å². The lowest BCUT2D eigenvalue weighted by atomic mass is 10.1. The van der Waals surface area contributed by atoms with Gasteiger partial charge in [0.1, 0.15) is 0 Å². The van der Waals surface area contributed by atoms with Gasteiger partial charge < -0.3 is 10.6 Å². The van der Waals surface area contributed by atoms with Crippen molar-refractivity contribution >= 4 is 18.5 Å². The molecular formula is C19H34N2OS. The number of carbonyl (C=O) groups is 1. The normalized spacial score (nSPS) is 12.8. The largest absolute Gasteiger partial charge is 0.324 e. The Morgan fingerprint density at radius 3 is 2.48 bits per heavy atom.